The minimum absolute atomic E-state index is 0.0709. The van der Waals surface area contributed by atoms with Gasteiger partial charge in [0.25, 0.3) is 11.8 Å². The number of fused-ring (bicyclic) bond motifs is 1. The lowest BCUT2D eigenvalue weighted by atomic mass is 9.88. The van der Waals surface area contributed by atoms with Gasteiger partial charge >= 0.3 is 5.97 Å². The van der Waals surface area contributed by atoms with Crippen LogP contribution in [0.15, 0.2) is 24.3 Å². The van der Waals surface area contributed by atoms with Gasteiger partial charge in [0, 0.05) is 4.88 Å². The predicted molar refractivity (Wildman–Crippen MR) is 101 cm³/mol. The Morgan fingerprint density at radius 2 is 2.15 bits per heavy atom. The molecule has 1 aliphatic carbocycles. The Morgan fingerprint density at radius 1 is 1.37 bits per heavy atom. The van der Waals surface area contributed by atoms with E-state index in [1.54, 1.807) is 0 Å². The van der Waals surface area contributed by atoms with Gasteiger partial charge in [-0.2, -0.15) is 0 Å². The molecule has 0 saturated heterocycles. The van der Waals surface area contributed by atoms with E-state index in [0.29, 0.717) is 16.5 Å². The van der Waals surface area contributed by atoms with Crippen molar-refractivity contribution in [2.45, 2.75) is 26.2 Å². The molecule has 7 nitrogen and oxygen atoms in total. The van der Waals surface area contributed by atoms with E-state index in [4.69, 9.17) is 10.5 Å². The molecule has 1 aromatic carbocycles. The Balaban J connectivity index is 1.67. The molecule has 2 aromatic rings. The maximum absolute atomic E-state index is 12.2. The van der Waals surface area contributed by atoms with E-state index in [1.165, 1.54) is 35.6 Å². The van der Waals surface area contributed by atoms with Gasteiger partial charge in [-0.15, -0.1) is 11.3 Å². The molecule has 0 saturated carbocycles. The van der Waals surface area contributed by atoms with Crippen LogP contribution in [0, 0.1) is 5.92 Å². The van der Waals surface area contributed by atoms with E-state index in [9.17, 15) is 19.5 Å². The maximum atomic E-state index is 12.2. The molecule has 142 valence electrons. The third-order valence-electron chi connectivity index (χ3n) is 4.43. The molecule has 0 unspecified atom stereocenters. The number of carbonyl (C=O) groups excluding carboxylic acids is 3. The van der Waals surface area contributed by atoms with Crippen molar-refractivity contribution in [3.8, 4) is 5.75 Å². The molecule has 0 bridgehead atoms. The first-order chi connectivity index (χ1) is 12.8. The largest absolute Gasteiger partial charge is 0.508 e. The van der Waals surface area contributed by atoms with E-state index in [0.717, 1.165) is 29.7 Å². The van der Waals surface area contributed by atoms with Crippen LogP contribution >= 0.6 is 11.3 Å². The van der Waals surface area contributed by atoms with Crippen LogP contribution in [0.1, 0.15) is 44.5 Å². The number of nitrogens with one attached hydrogen (secondary N) is 1. The number of phenols is 1. The lowest BCUT2D eigenvalue weighted by Crippen LogP contribution is -2.23. The van der Waals surface area contributed by atoms with Crippen molar-refractivity contribution in [2.24, 2.45) is 11.7 Å². The normalized spacial score (nSPS) is 15.7. The molecule has 2 amide bonds. The second-order valence-electron chi connectivity index (χ2n) is 6.59. The molecule has 0 fully saturated rings. The number of nitrogens with two attached hydrogens (primary N) is 1. The lowest BCUT2D eigenvalue weighted by molar-refractivity contribution is -0.119. The number of primary amides is 1. The SMILES string of the molecule is C[C@@H]1CCc2c(sc(NC(=O)COC(=O)c3cccc(O)c3)c2C(N)=O)C1. The van der Waals surface area contributed by atoms with E-state index in [2.05, 4.69) is 12.2 Å². The standard InChI is InChI=1S/C19H20N2O5S/c1-10-5-6-13-14(7-10)27-18(16(13)17(20)24)21-15(23)9-26-19(25)11-3-2-4-12(22)8-11/h2-4,8,10,22H,5-7,9H2,1H3,(H2,20,24)(H,21,23)/t10-/m1/s1. The number of phenolic OH excluding ortho intramolecular Hbond substituents is 1. The van der Waals surface area contributed by atoms with Gasteiger partial charge in [-0.05, 0) is 48.9 Å². The summed E-state index contributed by atoms with van der Waals surface area (Å²) in [7, 11) is 0. The third-order valence-corrected chi connectivity index (χ3v) is 5.60. The molecular formula is C19H20N2O5S. The molecule has 8 heteroatoms. The van der Waals surface area contributed by atoms with Crippen LogP contribution in [-0.2, 0) is 22.4 Å². The van der Waals surface area contributed by atoms with Gasteiger partial charge in [-0.1, -0.05) is 13.0 Å². The van der Waals surface area contributed by atoms with Crippen molar-refractivity contribution in [3.63, 3.8) is 0 Å². The van der Waals surface area contributed by atoms with Crippen LogP contribution in [0.5, 0.6) is 5.75 Å². The molecular weight excluding hydrogens is 368 g/mol. The number of thiophene rings is 1. The molecule has 0 aliphatic heterocycles. The van der Waals surface area contributed by atoms with Crippen LogP contribution in [-0.4, -0.2) is 29.5 Å². The number of anilines is 1. The molecule has 0 spiro atoms. The molecule has 1 heterocycles. The number of ether oxygens (including phenoxy) is 1. The maximum Gasteiger partial charge on any atom is 0.338 e. The Labute approximate surface area is 160 Å². The molecule has 4 N–H and O–H groups in total. The average Bonchev–Trinajstić information content (AvgIpc) is 2.96. The quantitative estimate of drug-likeness (QED) is 0.680. The van der Waals surface area contributed by atoms with Gasteiger partial charge in [0.15, 0.2) is 6.61 Å². The van der Waals surface area contributed by atoms with E-state index in [-0.39, 0.29) is 11.3 Å². The summed E-state index contributed by atoms with van der Waals surface area (Å²) >= 11 is 1.35. The topological polar surface area (TPSA) is 119 Å². The van der Waals surface area contributed by atoms with Crippen molar-refractivity contribution in [3.05, 3.63) is 45.8 Å². The highest BCUT2D eigenvalue weighted by Crippen LogP contribution is 2.39. The second-order valence-corrected chi connectivity index (χ2v) is 7.70. The van der Waals surface area contributed by atoms with Crippen molar-refractivity contribution in [1.29, 1.82) is 0 Å². The number of benzene rings is 1. The number of esters is 1. The lowest BCUT2D eigenvalue weighted by Gasteiger charge is -2.18. The van der Waals surface area contributed by atoms with Gasteiger partial charge in [0.05, 0.1) is 11.1 Å². The van der Waals surface area contributed by atoms with Gasteiger partial charge in [-0.3, -0.25) is 9.59 Å². The van der Waals surface area contributed by atoms with Crippen molar-refractivity contribution >= 4 is 34.1 Å². The number of amides is 2. The van der Waals surface area contributed by atoms with Crippen molar-refractivity contribution in [1.82, 2.24) is 0 Å². The van der Waals surface area contributed by atoms with E-state index >= 15 is 0 Å². The first-order valence-electron chi connectivity index (χ1n) is 8.55. The van der Waals surface area contributed by atoms with Gasteiger partial charge < -0.3 is 20.9 Å². The number of rotatable bonds is 5. The summed E-state index contributed by atoms with van der Waals surface area (Å²) in [6.45, 7) is 1.64. The zero-order valence-electron chi connectivity index (χ0n) is 14.8. The summed E-state index contributed by atoms with van der Waals surface area (Å²) in [5, 5.41) is 12.4. The predicted octanol–water partition coefficient (Wildman–Crippen LogP) is 2.47. The Morgan fingerprint density at radius 3 is 2.85 bits per heavy atom. The Bertz CT molecular complexity index is 906. The number of carbonyl (C=O) groups is 3. The second kappa shape index (κ2) is 7.79. The van der Waals surface area contributed by atoms with Crippen LogP contribution in [0.2, 0.25) is 0 Å². The molecule has 27 heavy (non-hydrogen) atoms. The van der Waals surface area contributed by atoms with Gasteiger partial charge in [0.2, 0.25) is 0 Å². The Hall–Kier alpha value is -2.87. The smallest absolute Gasteiger partial charge is 0.338 e. The number of hydrogen-bond acceptors (Lipinski definition) is 6. The molecule has 1 atom stereocenters. The monoisotopic (exact) mass is 388 g/mol. The minimum atomic E-state index is -0.726. The van der Waals surface area contributed by atoms with Crippen LogP contribution in [0.25, 0.3) is 0 Å². The average molecular weight is 388 g/mol. The highest BCUT2D eigenvalue weighted by Gasteiger charge is 2.27. The van der Waals surface area contributed by atoms with Crippen LogP contribution in [0.4, 0.5) is 5.00 Å². The van der Waals surface area contributed by atoms with Crippen LogP contribution < -0.4 is 11.1 Å². The molecule has 3 rings (SSSR count). The van der Waals surface area contributed by atoms with E-state index in [1.807, 2.05) is 0 Å². The third kappa shape index (κ3) is 4.28. The minimum Gasteiger partial charge on any atom is -0.508 e. The highest BCUT2D eigenvalue weighted by molar-refractivity contribution is 7.17. The molecule has 1 aromatic heterocycles. The fourth-order valence-corrected chi connectivity index (χ4v) is 4.54. The molecule has 0 radical (unpaired) electrons. The van der Waals surface area contributed by atoms with Gasteiger partial charge in [0.1, 0.15) is 10.8 Å². The summed E-state index contributed by atoms with van der Waals surface area (Å²) in [6.07, 6.45) is 2.58. The van der Waals surface area contributed by atoms with Crippen LogP contribution in [0.3, 0.4) is 0 Å². The number of hydrogen-bond donors (Lipinski definition) is 3. The first kappa shape index (κ1) is 18.9. The summed E-state index contributed by atoms with van der Waals surface area (Å²) in [5.74, 6) is -1.41. The summed E-state index contributed by atoms with van der Waals surface area (Å²) in [6, 6.07) is 5.65. The first-order valence-corrected chi connectivity index (χ1v) is 9.37. The summed E-state index contributed by atoms with van der Waals surface area (Å²) in [5.41, 5.74) is 6.92. The number of aromatic hydroxyl groups is 1. The molecule has 1 aliphatic rings. The van der Waals surface area contributed by atoms with E-state index < -0.39 is 24.4 Å². The highest BCUT2D eigenvalue weighted by atomic mass is 32.1. The van der Waals surface area contributed by atoms with Crippen molar-refractivity contribution < 1.29 is 24.2 Å². The Kier molecular flexibility index (Phi) is 5.46. The van der Waals surface area contributed by atoms with Gasteiger partial charge in [-0.25, -0.2) is 4.79 Å². The summed E-state index contributed by atoms with van der Waals surface area (Å²) < 4.78 is 4.96. The zero-order valence-corrected chi connectivity index (χ0v) is 15.6. The zero-order chi connectivity index (χ0) is 19.6. The van der Waals surface area contributed by atoms with Crippen molar-refractivity contribution in [2.75, 3.05) is 11.9 Å². The fraction of sp³-hybridized carbons (Fsp3) is 0.316. The summed E-state index contributed by atoms with van der Waals surface area (Å²) in [4.78, 5) is 37.1. The fourth-order valence-electron chi connectivity index (χ4n) is 3.11.